The third-order valence-corrected chi connectivity index (χ3v) is 6.25. The molecule has 2 nitrogen and oxygen atoms in total. The van der Waals surface area contributed by atoms with Crippen LogP contribution in [-0.2, 0) is 0 Å². The van der Waals surface area contributed by atoms with E-state index in [-0.39, 0.29) is 11.4 Å². The fourth-order valence-corrected chi connectivity index (χ4v) is 4.51. The lowest BCUT2D eigenvalue weighted by atomic mass is 9.93. The zero-order valence-electron chi connectivity index (χ0n) is 15.4. The number of likely N-dealkylation sites (N-methyl/N-ethyl adjacent to an activating group) is 1. The Bertz CT molecular complexity index is 753. The lowest BCUT2D eigenvalue weighted by molar-refractivity contribution is 0.0158. The number of halogens is 1. The molecule has 0 N–H and O–H groups in total. The Balaban J connectivity index is 1.66. The van der Waals surface area contributed by atoms with Crippen molar-refractivity contribution < 1.29 is 4.39 Å². The second-order valence-electron chi connectivity index (χ2n) is 8.19. The summed E-state index contributed by atoms with van der Waals surface area (Å²) >= 11 is 0. The molecule has 1 aliphatic carbocycles. The Morgan fingerprint density at radius 3 is 2.32 bits per heavy atom. The van der Waals surface area contributed by atoms with Gasteiger partial charge >= 0.3 is 0 Å². The van der Waals surface area contributed by atoms with E-state index in [9.17, 15) is 4.39 Å². The summed E-state index contributed by atoms with van der Waals surface area (Å²) in [5.41, 5.74) is 4.29. The molecule has 2 aromatic rings. The zero-order valence-corrected chi connectivity index (χ0v) is 15.4. The molecule has 2 atom stereocenters. The maximum Gasteiger partial charge on any atom is 0.123 e. The van der Waals surface area contributed by atoms with E-state index in [4.69, 9.17) is 0 Å². The zero-order chi connectivity index (χ0) is 17.6. The molecular weight excluding hydrogens is 311 g/mol. The highest BCUT2D eigenvalue weighted by Gasteiger charge is 2.40. The number of fused-ring (bicyclic) bond motifs is 1. The SMILES string of the molecule is CN1CCN([C@@H]2C[C@@H](c3ccc(F)cc3)c3ccccc32)CC1(C)C. The molecule has 2 aromatic carbocycles. The van der Waals surface area contributed by atoms with Crippen LogP contribution in [0.2, 0.25) is 0 Å². The lowest BCUT2D eigenvalue weighted by Crippen LogP contribution is -2.58. The molecule has 4 rings (SSSR count). The molecule has 132 valence electrons. The van der Waals surface area contributed by atoms with Gasteiger partial charge < -0.3 is 0 Å². The molecule has 1 aliphatic heterocycles. The van der Waals surface area contributed by atoms with Crippen LogP contribution in [-0.4, -0.2) is 42.0 Å². The van der Waals surface area contributed by atoms with Crippen molar-refractivity contribution in [3.63, 3.8) is 0 Å². The first kappa shape index (κ1) is 16.7. The average molecular weight is 338 g/mol. The first-order valence-corrected chi connectivity index (χ1v) is 9.25. The van der Waals surface area contributed by atoms with E-state index >= 15 is 0 Å². The number of hydrogen-bond donors (Lipinski definition) is 0. The van der Waals surface area contributed by atoms with Gasteiger partial charge in [0.2, 0.25) is 0 Å². The Morgan fingerprint density at radius 2 is 1.64 bits per heavy atom. The van der Waals surface area contributed by atoms with E-state index in [2.05, 4.69) is 55.0 Å². The van der Waals surface area contributed by atoms with Gasteiger partial charge in [-0.25, -0.2) is 4.39 Å². The van der Waals surface area contributed by atoms with Gasteiger partial charge in [-0.15, -0.1) is 0 Å². The van der Waals surface area contributed by atoms with Crippen molar-refractivity contribution in [2.45, 2.75) is 37.8 Å². The van der Waals surface area contributed by atoms with E-state index < -0.39 is 0 Å². The maximum atomic E-state index is 13.3. The quantitative estimate of drug-likeness (QED) is 0.799. The highest BCUT2D eigenvalue weighted by Crippen LogP contribution is 2.47. The van der Waals surface area contributed by atoms with Crippen molar-refractivity contribution in [3.8, 4) is 0 Å². The van der Waals surface area contributed by atoms with Gasteiger partial charge in [0.25, 0.3) is 0 Å². The minimum absolute atomic E-state index is 0.160. The average Bonchev–Trinajstić information content (AvgIpc) is 2.98. The summed E-state index contributed by atoms with van der Waals surface area (Å²) in [6.45, 7) is 7.95. The maximum absolute atomic E-state index is 13.3. The van der Waals surface area contributed by atoms with Gasteiger partial charge in [-0.3, -0.25) is 9.80 Å². The van der Waals surface area contributed by atoms with Gasteiger partial charge in [0.1, 0.15) is 5.82 Å². The summed E-state index contributed by atoms with van der Waals surface area (Å²) < 4.78 is 13.3. The van der Waals surface area contributed by atoms with Crippen LogP contribution in [0.5, 0.6) is 0 Å². The minimum Gasteiger partial charge on any atom is -0.299 e. The van der Waals surface area contributed by atoms with E-state index in [1.165, 1.54) is 16.7 Å². The van der Waals surface area contributed by atoms with Crippen LogP contribution in [0.4, 0.5) is 4.39 Å². The molecule has 0 aromatic heterocycles. The molecule has 0 bridgehead atoms. The summed E-state index contributed by atoms with van der Waals surface area (Å²) in [7, 11) is 2.22. The second-order valence-corrected chi connectivity index (χ2v) is 8.19. The largest absolute Gasteiger partial charge is 0.299 e. The number of benzene rings is 2. The van der Waals surface area contributed by atoms with Crippen molar-refractivity contribution >= 4 is 0 Å². The third kappa shape index (κ3) is 3.00. The molecule has 0 radical (unpaired) electrons. The molecule has 0 spiro atoms. The predicted octanol–water partition coefficient (Wildman–Crippen LogP) is 4.43. The van der Waals surface area contributed by atoms with Gasteiger partial charge in [0.15, 0.2) is 0 Å². The summed E-state index contributed by atoms with van der Waals surface area (Å²) in [5.74, 6) is 0.206. The van der Waals surface area contributed by atoms with Crippen LogP contribution in [0.25, 0.3) is 0 Å². The van der Waals surface area contributed by atoms with Crippen LogP contribution in [0, 0.1) is 5.82 Å². The van der Waals surface area contributed by atoms with Crippen LogP contribution in [0.1, 0.15) is 48.9 Å². The molecule has 0 unspecified atom stereocenters. The van der Waals surface area contributed by atoms with Crippen molar-refractivity contribution in [1.82, 2.24) is 9.80 Å². The molecule has 0 amide bonds. The molecule has 1 saturated heterocycles. The summed E-state index contributed by atoms with van der Waals surface area (Å²) in [6.07, 6.45) is 1.09. The molecule has 3 heteroatoms. The van der Waals surface area contributed by atoms with Crippen LogP contribution in [0.3, 0.4) is 0 Å². The van der Waals surface area contributed by atoms with E-state index in [1.54, 1.807) is 12.1 Å². The van der Waals surface area contributed by atoms with Crippen molar-refractivity contribution in [2.24, 2.45) is 0 Å². The summed E-state index contributed by atoms with van der Waals surface area (Å²) in [5, 5.41) is 0. The van der Waals surface area contributed by atoms with Crippen molar-refractivity contribution in [3.05, 3.63) is 71.0 Å². The minimum atomic E-state index is -0.160. The van der Waals surface area contributed by atoms with Crippen LogP contribution < -0.4 is 0 Å². The second kappa shape index (κ2) is 6.22. The van der Waals surface area contributed by atoms with Gasteiger partial charge in [-0.2, -0.15) is 0 Å². The van der Waals surface area contributed by atoms with Crippen LogP contribution >= 0.6 is 0 Å². The van der Waals surface area contributed by atoms with E-state index in [0.717, 1.165) is 26.1 Å². The standard InChI is InChI=1S/C22H27FN2/c1-22(2)15-25(13-12-24(22)3)21-14-20(16-8-10-17(23)11-9-16)18-6-4-5-7-19(18)21/h4-11,20-21H,12-15H2,1-3H3/t20-,21+/m0/s1. The Labute approximate surface area is 150 Å². The van der Waals surface area contributed by atoms with Gasteiger partial charge in [-0.1, -0.05) is 36.4 Å². The summed E-state index contributed by atoms with van der Waals surface area (Å²) in [4.78, 5) is 5.12. The number of hydrogen-bond acceptors (Lipinski definition) is 2. The molecule has 25 heavy (non-hydrogen) atoms. The molecule has 2 aliphatic rings. The van der Waals surface area contributed by atoms with Gasteiger partial charge in [0, 0.05) is 37.1 Å². The highest BCUT2D eigenvalue weighted by atomic mass is 19.1. The first-order chi connectivity index (χ1) is 12.0. The fraction of sp³-hybridized carbons (Fsp3) is 0.455. The molecule has 1 heterocycles. The highest BCUT2D eigenvalue weighted by molar-refractivity contribution is 5.44. The first-order valence-electron chi connectivity index (χ1n) is 9.25. The lowest BCUT2D eigenvalue weighted by Gasteiger charge is -2.47. The molecule has 0 saturated carbocycles. The van der Waals surface area contributed by atoms with Gasteiger partial charge in [0.05, 0.1) is 0 Å². The van der Waals surface area contributed by atoms with E-state index in [0.29, 0.717) is 12.0 Å². The van der Waals surface area contributed by atoms with Crippen molar-refractivity contribution in [1.29, 1.82) is 0 Å². The Morgan fingerprint density at radius 1 is 0.960 bits per heavy atom. The smallest absolute Gasteiger partial charge is 0.123 e. The normalized spacial score (nSPS) is 26.6. The number of piperazine rings is 1. The number of nitrogens with zero attached hydrogens (tertiary/aromatic N) is 2. The van der Waals surface area contributed by atoms with Gasteiger partial charge in [-0.05, 0) is 56.1 Å². The molecule has 1 fully saturated rings. The molecular formula is C22H27FN2. The third-order valence-electron chi connectivity index (χ3n) is 6.25. The Hall–Kier alpha value is -1.71. The number of rotatable bonds is 2. The summed E-state index contributed by atoms with van der Waals surface area (Å²) in [6, 6.07) is 16.4. The van der Waals surface area contributed by atoms with Crippen molar-refractivity contribution in [2.75, 3.05) is 26.7 Å². The Kier molecular flexibility index (Phi) is 4.17. The van der Waals surface area contributed by atoms with E-state index in [1.807, 2.05) is 12.1 Å². The van der Waals surface area contributed by atoms with Crippen LogP contribution in [0.15, 0.2) is 48.5 Å². The predicted molar refractivity (Wildman–Crippen MR) is 100 cm³/mol. The monoisotopic (exact) mass is 338 g/mol. The topological polar surface area (TPSA) is 6.48 Å². The fourth-order valence-electron chi connectivity index (χ4n) is 4.51.